The first-order valence-corrected chi connectivity index (χ1v) is 11.5. The van der Waals surface area contributed by atoms with Crippen LogP contribution in [0.1, 0.15) is 42.3 Å². The lowest BCUT2D eigenvalue weighted by Crippen LogP contribution is -2.50. The number of methoxy groups -OCH3 is 1. The van der Waals surface area contributed by atoms with Gasteiger partial charge in [0.1, 0.15) is 17.6 Å². The van der Waals surface area contributed by atoms with Crippen LogP contribution in [0.15, 0.2) is 48.5 Å². The van der Waals surface area contributed by atoms with Crippen molar-refractivity contribution in [3.63, 3.8) is 0 Å². The average Bonchev–Trinajstić information content (AvgIpc) is 2.81. The molecule has 174 valence electrons. The van der Waals surface area contributed by atoms with Gasteiger partial charge in [0.25, 0.3) is 5.91 Å². The summed E-state index contributed by atoms with van der Waals surface area (Å²) in [5.41, 5.74) is 1.82. The molecule has 0 aliphatic carbocycles. The molecule has 32 heavy (non-hydrogen) atoms. The lowest BCUT2D eigenvalue weighted by molar-refractivity contribution is 0.0595. The lowest BCUT2D eigenvalue weighted by Gasteiger charge is -2.37. The molecule has 1 saturated heterocycles. The smallest absolute Gasteiger partial charge is 0.253 e. The second-order valence-electron chi connectivity index (χ2n) is 8.92. The highest BCUT2D eigenvalue weighted by atomic mass is 16.5. The third kappa shape index (κ3) is 6.47. The highest BCUT2D eigenvalue weighted by Crippen LogP contribution is 2.27. The highest BCUT2D eigenvalue weighted by molar-refractivity contribution is 5.94. The SMILES string of the molecule is COc1ccc(C(CCN(C)C)Oc2ccc(C(=O)N3CCN(C(C)C)CC3)cc2)cc1. The predicted octanol–water partition coefficient (Wildman–Crippen LogP) is 3.93. The molecule has 3 rings (SSSR count). The Labute approximate surface area is 192 Å². The van der Waals surface area contributed by atoms with E-state index in [4.69, 9.17) is 9.47 Å². The topological polar surface area (TPSA) is 45.3 Å². The van der Waals surface area contributed by atoms with Gasteiger partial charge in [-0.1, -0.05) is 12.1 Å². The van der Waals surface area contributed by atoms with Gasteiger partial charge in [0, 0.05) is 50.7 Å². The van der Waals surface area contributed by atoms with Crippen LogP contribution < -0.4 is 9.47 Å². The summed E-state index contributed by atoms with van der Waals surface area (Å²) in [6.07, 6.45) is 0.786. The summed E-state index contributed by atoms with van der Waals surface area (Å²) in [7, 11) is 5.79. The number of benzene rings is 2. The van der Waals surface area contributed by atoms with Crippen molar-refractivity contribution in [3.8, 4) is 11.5 Å². The summed E-state index contributed by atoms with van der Waals surface area (Å²) in [5, 5.41) is 0. The van der Waals surface area contributed by atoms with Crippen LogP contribution in [0, 0.1) is 0 Å². The van der Waals surface area contributed by atoms with Crippen molar-refractivity contribution in [3.05, 3.63) is 59.7 Å². The van der Waals surface area contributed by atoms with E-state index in [0.717, 1.165) is 56.2 Å². The predicted molar refractivity (Wildman–Crippen MR) is 129 cm³/mol. The maximum Gasteiger partial charge on any atom is 0.253 e. The summed E-state index contributed by atoms with van der Waals surface area (Å²) >= 11 is 0. The third-order valence-electron chi connectivity index (χ3n) is 6.04. The van der Waals surface area contributed by atoms with Gasteiger partial charge in [0.05, 0.1) is 7.11 Å². The standard InChI is InChI=1S/C26H37N3O3/c1-20(2)28-16-18-29(19-17-28)26(30)22-8-12-24(13-9-22)32-25(14-15-27(3)4)21-6-10-23(31-5)11-7-21/h6-13,20,25H,14-19H2,1-5H3. The lowest BCUT2D eigenvalue weighted by atomic mass is 10.1. The zero-order chi connectivity index (χ0) is 23.1. The second kappa shape index (κ2) is 11.3. The minimum Gasteiger partial charge on any atom is -0.497 e. The minimum atomic E-state index is -0.0750. The van der Waals surface area contributed by atoms with Gasteiger partial charge in [0.2, 0.25) is 0 Å². The molecular formula is C26H37N3O3. The molecule has 2 aromatic carbocycles. The van der Waals surface area contributed by atoms with E-state index in [2.05, 4.69) is 37.7 Å². The number of amides is 1. The first-order valence-electron chi connectivity index (χ1n) is 11.5. The maximum atomic E-state index is 12.9. The molecule has 2 aromatic rings. The van der Waals surface area contributed by atoms with E-state index in [1.54, 1.807) is 7.11 Å². The van der Waals surface area contributed by atoms with E-state index in [1.165, 1.54) is 0 Å². The van der Waals surface area contributed by atoms with Crippen LogP contribution in [0.4, 0.5) is 0 Å². The van der Waals surface area contributed by atoms with E-state index >= 15 is 0 Å². The van der Waals surface area contributed by atoms with E-state index in [1.807, 2.05) is 53.4 Å². The van der Waals surface area contributed by atoms with Crippen molar-refractivity contribution in [2.75, 3.05) is 53.9 Å². The molecule has 1 aliphatic heterocycles. The second-order valence-corrected chi connectivity index (χ2v) is 8.92. The fourth-order valence-corrected chi connectivity index (χ4v) is 3.95. The number of carbonyl (C=O) groups is 1. The van der Waals surface area contributed by atoms with Gasteiger partial charge in [-0.25, -0.2) is 0 Å². The highest BCUT2D eigenvalue weighted by Gasteiger charge is 2.23. The summed E-state index contributed by atoms with van der Waals surface area (Å²) in [6, 6.07) is 16.1. The number of hydrogen-bond acceptors (Lipinski definition) is 5. The molecule has 0 aromatic heterocycles. The van der Waals surface area contributed by atoms with E-state index in [0.29, 0.717) is 11.6 Å². The normalized spacial score (nSPS) is 15.8. The number of piperazine rings is 1. The first kappa shape index (κ1) is 24.1. The number of nitrogens with zero attached hydrogens (tertiary/aromatic N) is 3. The maximum absolute atomic E-state index is 12.9. The van der Waals surface area contributed by atoms with Crippen LogP contribution in [0.3, 0.4) is 0 Å². The Balaban J connectivity index is 1.65. The van der Waals surface area contributed by atoms with Crippen LogP contribution in [-0.2, 0) is 0 Å². The van der Waals surface area contributed by atoms with Gasteiger partial charge >= 0.3 is 0 Å². The number of carbonyl (C=O) groups excluding carboxylic acids is 1. The largest absolute Gasteiger partial charge is 0.497 e. The summed E-state index contributed by atoms with van der Waals surface area (Å²) in [5.74, 6) is 1.70. The van der Waals surface area contributed by atoms with Crippen LogP contribution in [0.25, 0.3) is 0 Å². The summed E-state index contributed by atoms with van der Waals surface area (Å²) < 4.78 is 11.6. The van der Waals surface area contributed by atoms with Crippen molar-refractivity contribution >= 4 is 5.91 Å². The van der Waals surface area contributed by atoms with Crippen molar-refractivity contribution in [2.24, 2.45) is 0 Å². The Morgan fingerprint density at radius 2 is 1.53 bits per heavy atom. The molecule has 0 saturated carbocycles. The minimum absolute atomic E-state index is 0.0750. The molecule has 1 amide bonds. The van der Waals surface area contributed by atoms with Gasteiger partial charge in [-0.15, -0.1) is 0 Å². The van der Waals surface area contributed by atoms with Crippen LogP contribution in [-0.4, -0.2) is 80.6 Å². The molecule has 0 spiro atoms. The van der Waals surface area contributed by atoms with Gasteiger partial charge in [0.15, 0.2) is 0 Å². The molecule has 1 unspecified atom stereocenters. The van der Waals surface area contributed by atoms with Gasteiger partial charge in [-0.05, 0) is 69.9 Å². The third-order valence-corrected chi connectivity index (χ3v) is 6.04. The number of rotatable bonds is 9. The summed E-state index contributed by atoms with van der Waals surface area (Å²) in [4.78, 5) is 19.4. The molecule has 0 N–H and O–H groups in total. The molecule has 1 fully saturated rings. The fourth-order valence-electron chi connectivity index (χ4n) is 3.95. The van der Waals surface area contributed by atoms with Crippen molar-refractivity contribution in [1.29, 1.82) is 0 Å². The van der Waals surface area contributed by atoms with E-state index < -0.39 is 0 Å². The molecule has 0 radical (unpaired) electrons. The fraction of sp³-hybridized carbons (Fsp3) is 0.500. The van der Waals surface area contributed by atoms with Crippen LogP contribution in [0.2, 0.25) is 0 Å². The Morgan fingerprint density at radius 3 is 2.06 bits per heavy atom. The monoisotopic (exact) mass is 439 g/mol. The zero-order valence-electron chi connectivity index (χ0n) is 20.1. The Morgan fingerprint density at radius 1 is 0.938 bits per heavy atom. The average molecular weight is 440 g/mol. The van der Waals surface area contributed by atoms with Gasteiger partial charge in [-0.3, -0.25) is 9.69 Å². The molecular weight excluding hydrogens is 402 g/mol. The molecule has 6 nitrogen and oxygen atoms in total. The molecule has 0 bridgehead atoms. The first-order chi connectivity index (χ1) is 15.4. The van der Waals surface area contributed by atoms with Crippen molar-refractivity contribution in [1.82, 2.24) is 14.7 Å². The summed E-state index contributed by atoms with van der Waals surface area (Å²) in [6.45, 7) is 8.73. The Hall–Kier alpha value is -2.57. The number of hydrogen-bond donors (Lipinski definition) is 0. The Bertz CT molecular complexity index is 842. The van der Waals surface area contributed by atoms with Crippen molar-refractivity contribution < 1.29 is 14.3 Å². The molecule has 1 atom stereocenters. The van der Waals surface area contributed by atoms with Crippen LogP contribution in [0.5, 0.6) is 11.5 Å². The molecule has 6 heteroatoms. The van der Waals surface area contributed by atoms with Gasteiger partial charge < -0.3 is 19.3 Å². The Kier molecular flexibility index (Phi) is 8.53. The zero-order valence-corrected chi connectivity index (χ0v) is 20.1. The molecule has 1 aliphatic rings. The van der Waals surface area contributed by atoms with Crippen molar-refractivity contribution in [2.45, 2.75) is 32.4 Å². The van der Waals surface area contributed by atoms with E-state index in [-0.39, 0.29) is 12.0 Å². The number of ether oxygens (including phenoxy) is 2. The van der Waals surface area contributed by atoms with Gasteiger partial charge in [-0.2, -0.15) is 0 Å². The molecule has 1 heterocycles. The van der Waals surface area contributed by atoms with E-state index in [9.17, 15) is 4.79 Å². The quantitative estimate of drug-likeness (QED) is 0.592. The van der Waals surface area contributed by atoms with Crippen LogP contribution >= 0.6 is 0 Å².